The van der Waals surface area contributed by atoms with E-state index in [2.05, 4.69) is 6.07 Å². The summed E-state index contributed by atoms with van der Waals surface area (Å²) in [6, 6.07) is 23.1. The molecule has 0 aliphatic carbocycles. The monoisotopic (exact) mass is 404 g/mol. The van der Waals surface area contributed by atoms with Crippen molar-refractivity contribution in [2.75, 3.05) is 6.26 Å². The first-order chi connectivity index (χ1) is 14.1. The molecule has 3 aromatic rings. The minimum Gasteiger partial charge on any atom is -0.330 e. The molecule has 0 aromatic heterocycles. The molecule has 3 aromatic carbocycles. The first-order valence-electron chi connectivity index (χ1n) is 9.19. The quantitative estimate of drug-likeness (QED) is 0.529. The highest BCUT2D eigenvalue weighted by molar-refractivity contribution is 7.97. The van der Waals surface area contributed by atoms with Crippen LogP contribution in [0, 0.1) is 17.1 Å². The summed E-state index contributed by atoms with van der Waals surface area (Å²) in [6.07, 6.45) is 2.04. The molecule has 0 atom stereocenters. The third-order valence-electron chi connectivity index (χ3n) is 4.52. The Hall–Kier alpha value is -3.10. The fourth-order valence-corrected chi connectivity index (χ4v) is 3.58. The van der Waals surface area contributed by atoms with E-state index in [4.69, 9.17) is 5.26 Å². The number of amides is 1. The van der Waals surface area contributed by atoms with E-state index in [0.29, 0.717) is 24.2 Å². The highest BCUT2D eigenvalue weighted by atomic mass is 32.2. The van der Waals surface area contributed by atoms with Crippen molar-refractivity contribution >= 4 is 17.7 Å². The molecule has 29 heavy (non-hydrogen) atoms. The number of thioether (sulfide) groups is 1. The molecule has 0 radical (unpaired) electrons. The predicted molar refractivity (Wildman–Crippen MR) is 115 cm³/mol. The molecule has 0 bridgehead atoms. The van der Waals surface area contributed by atoms with Crippen LogP contribution in [-0.4, -0.2) is 17.1 Å². The topological polar surface area (TPSA) is 44.1 Å². The molecule has 0 spiro atoms. The van der Waals surface area contributed by atoms with Crippen LogP contribution in [0.3, 0.4) is 0 Å². The molecular weight excluding hydrogens is 383 g/mol. The molecule has 3 nitrogen and oxygen atoms in total. The Bertz CT molecular complexity index is 1010. The van der Waals surface area contributed by atoms with Crippen molar-refractivity contribution in [2.45, 2.75) is 18.8 Å². The van der Waals surface area contributed by atoms with Gasteiger partial charge >= 0.3 is 0 Å². The predicted octanol–water partition coefficient (Wildman–Crippen LogP) is 5.40. The minimum absolute atomic E-state index is 0.116. The summed E-state index contributed by atoms with van der Waals surface area (Å²) >= 11 is 1.73. The van der Waals surface area contributed by atoms with E-state index in [0.717, 1.165) is 22.4 Å². The molecule has 1 amide bonds. The van der Waals surface area contributed by atoms with E-state index >= 15 is 0 Å². The second-order valence-electron chi connectivity index (χ2n) is 6.73. The van der Waals surface area contributed by atoms with Crippen molar-refractivity contribution in [3.63, 3.8) is 0 Å². The maximum Gasteiger partial charge on any atom is 0.254 e. The summed E-state index contributed by atoms with van der Waals surface area (Å²) in [5, 5.41) is 8.98. The third kappa shape index (κ3) is 5.69. The summed E-state index contributed by atoms with van der Waals surface area (Å²) in [7, 11) is 0. The van der Waals surface area contributed by atoms with E-state index in [-0.39, 0.29) is 11.7 Å². The number of hydrogen-bond donors (Lipinski definition) is 0. The SMILES string of the molecule is CSCc1ccc(C(=O)N(Cc2ccc(C#N)cc2)Cc2cccc(F)c2)cc1. The normalized spacial score (nSPS) is 10.4. The number of rotatable bonds is 7. The van der Waals surface area contributed by atoms with Gasteiger partial charge in [-0.05, 0) is 59.3 Å². The molecule has 0 saturated carbocycles. The van der Waals surface area contributed by atoms with Gasteiger partial charge in [0.25, 0.3) is 5.91 Å². The molecule has 0 aliphatic heterocycles. The van der Waals surface area contributed by atoms with Crippen molar-refractivity contribution < 1.29 is 9.18 Å². The van der Waals surface area contributed by atoms with Crippen LogP contribution in [0.4, 0.5) is 4.39 Å². The van der Waals surface area contributed by atoms with Crippen molar-refractivity contribution in [2.24, 2.45) is 0 Å². The lowest BCUT2D eigenvalue weighted by Crippen LogP contribution is -2.30. The average Bonchev–Trinajstić information content (AvgIpc) is 2.74. The second-order valence-corrected chi connectivity index (χ2v) is 7.60. The van der Waals surface area contributed by atoms with Gasteiger partial charge < -0.3 is 4.90 Å². The van der Waals surface area contributed by atoms with Gasteiger partial charge in [-0.1, -0.05) is 36.4 Å². The number of benzene rings is 3. The van der Waals surface area contributed by atoms with Crippen LogP contribution in [0.5, 0.6) is 0 Å². The van der Waals surface area contributed by atoms with Crippen LogP contribution in [-0.2, 0) is 18.8 Å². The highest BCUT2D eigenvalue weighted by Crippen LogP contribution is 2.17. The Morgan fingerprint density at radius 3 is 2.24 bits per heavy atom. The number of carbonyl (C=O) groups excluding carboxylic acids is 1. The first kappa shape index (κ1) is 20.6. The molecule has 146 valence electrons. The van der Waals surface area contributed by atoms with E-state index in [9.17, 15) is 9.18 Å². The zero-order valence-corrected chi connectivity index (χ0v) is 17.0. The van der Waals surface area contributed by atoms with Gasteiger partial charge in [0.05, 0.1) is 11.6 Å². The second kappa shape index (κ2) is 9.90. The van der Waals surface area contributed by atoms with Gasteiger partial charge in [0.2, 0.25) is 0 Å². The van der Waals surface area contributed by atoms with Crippen molar-refractivity contribution in [1.82, 2.24) is 4.90 Å². The number of hydrogen-bond acceptors (Lipinski definition) is 3. The third-order valence-corrected chi connectivity index (χ3v) is 5.14. The van der Waals surface area contributed by atoms with Crippen LogP contribution in [0.2, 0.25) is 0 Å². The molecule has 5 heteroatoms. The lowest BCUT2D eigenvalue weighted by atomic mass is 10.1. The van der Waals surface area contributed by atoms with Gasteiger partial charge in [-0.15, -0.1) is 0 Å². The fraction of sp³-hybridized carbons (Fsp3) is 0.167. The molecule has 0 heterocycles. The summed E-state index contributed by atoms with van der Waals surface area (Å²) in [6.45, 7) is 0.663. The van der Waals surface area contributed by atoms with Gasteiger partial charge in [-0.2, -0.15) is 17.0 Å². The molecular formula is C24H21FN2OS. The molecule has 0 unspecified atom stereocenters. The summed E-state index contributed by atoms with van der Waals surface area (Å²) in [4.78, 5) is 14.9. The summed E-state index contributed by atoms with van der Waals surface area (Å²) in [5.41, 5.74) is 3.97. The van der Waals surface area contributed by atoms with Gasteiger partial charge in [0, 0.05) is 24.4 Å². The Morgan fingerprint density at radius 2 is 1.62 bits per heavy atom. The van der Waals surface area contributed by atoms with E-state index in [1.54, 1.807) is 34.9 Å². The van der Waals surface area contributed by atoms with E-state index in [1.165, 1.54) is 12.1 Å². The van der Waals surface area contributed by atoms with Crippen molar-refractivity contribution in [1.29, 1.82) is 5.26 Å². The van der Waals surface area contributed by atoms with Gasteiger partial charge in [-0.3, -0.25) is 4.79 Å². The standard InChI is InChI=1S/C24H21FN2OS/c1-29-17-20-9-11-22(12-10-20)24(28)27(16-21-3-2-4-23(25)13-21)15-19-7-5-18(14-26)6-8-19/h2-13H,15-17H2,1H3. The lowest BCUT2D eigenvalue weighted by molar-refractivity contribution is 0.0730. The Balaban J connectivity index is 1.85. The molecule has 0 saturated heterocycles. The number of halogens is 1. The smallest absolute Gasteiger partial charge is 0.254 e. The molecule has 0 fully saturated rings. The van der Waals surface area contributed by atoms with E-state index in [1.807, 2.05) is 48.7 Å². The first-order valence-corrected chi connectivity index (χ1v) is 10.6. The fourth-order valence-electron chi connectivity index (χ4n) is 3.05. The van der Waals surface area contributed by atoms with Crippen molar-refractivity contribution in [3.05, 3.63) is 106 Å². The Labute approximate surface area is 174 Å². The number of nitriles is 1. The Morgan fingerprint density at radius 1 is 0.966 bits per heavy atom. The maximum atomic E-state index is 13.6. The van der Waals surface area contributed by atoms with Crippen LogP contribution in [0.25, 0.3) is 0 Å². The minimum atomic E-state index is -0.324. The number of carbonyl (C=O) groups is 1. The maximum absolute atomic E-state index is 13.6. The average molecular weight is 405 g/mol. The zero-order valence-electron chi connectivity index (χ0n) is 16.1. The highest BCUT2D eigenvalue weighted by Gasteiger charge is 2.17. The van der Waals surface area contributed by atoms with Crippen molar-refractivity contribution in [3.8, 4) is 6.07 Å². The van der Waals surface area contributed by atoms with E-state index < -0.39 is 0 Å². The van der Waals surface area contributed by atoms with Crippen LogP contribution < -0.4 is 0 Å². The lowest BCUT2D eigenvalue weighted by Gasteiger charge is -2.23. The largest absolute Gasteiger partial charge is 0.330 e. The summed E-state index contributed by atoms with van der Waals surface area (Å²) in [5.74, 6) is 0.455. The molecule has 3 rings (SSSR count). The number of nitrogens with zero attached hydrogens (tertiary/aromatic N) is 2. The van der Waals surface area contributed by atoms with Crippen LogP contribution in [0.1, 0.15) is 32.6 Å². The van der Waals surface area contributed by atoms with Gasteiger partial charge in [-0.25, -0.2) is 4.39 Å². The summed E-state index contributed by atoms with van der Waals surface area (Å²) < 4.78 is 13.6. The molecule has 0 aliphatic rings. The Kier molecular flexibility index (Phi) is 7.04. The zero-order chi connectivity index (χ0) is 20.6. The molecule has 0 N–H and O–H groups in total. The van der Waals surface area contributed by atoms with Gasteiger partial charge in [0.15, 0.2) is 0 Å². The van der Waals surface area contributed by atoms with Crippen LogP contribution >= 0.6 is 11.8 Å². The van der Waals surface area contributed by atoms with Gasteiger partial charge in [0.1, 0.15) is 5.82 Å². The van der Waals surface area contributed by atoms with Crippen LogP contribution in [0.15, 0.2) is 72.8 Å².